The van der Waals surface area contributed by atoms with Crippen molar-refractivity contribution in [1.29, 1.82) is 0 Å². The number of rotatable bonds is 6. The van der Waals surface area contributed by atoms with Crippen LogP contribution >= 0.6 is 0 Å². The first-order valence-electron chi connectivity index (χ1n) is 5.82. The molecule has 1 aromatic carbocycles. The van der Waals surface area contributed by atoms with Crippen LogP contribution in [0.5, 0.6) is 5.75 Å². The molecule has 0 bridgehead atoms. The van der Waals surface area contributed by atoms with Gasteiger partial charge in [-0.3, -0.25) is 0 Å². The van der Waals surface area contributed by atoms with E-state index in [1.807, 2.05) is 13.8 Å². The molecule has 0 spiro atoms. The topological polar surface area (TPSA) is 41.5 Å². The van der Waals surface area contributed by atoms with Crippen LogP contribution < -0.4 is 10.1 Å². The second-order valence-corrected chi connectivity index (χ2v) is 4.66. The Morgan fingerprint density at radius 1 is 1.33 bits per heavy atom. The zero-order valence-corrected chi connectivity index (χ0v) is 10.8. The van der Waals surface area contributed by atoms with Gasteiger partial charge in [-0.1, -0.05) is 18.2 Å². The number of aliphatic hydroxyl groups excluding tert-OH is 1. The number of alkyl halides is 2. The van der Waals surface area contributed by atoms with Gasteiger partial charge in [0.2, 0.25) is 0 Å². The second kappa shape index (κ2) is 6.11. The molecule has 0 aliphatic heterocycles. The molecule has 0 radical (unpaired) electrons. The zero-order chi connectivity index (χ0) is 13.8. The first-order valence-corrected chi connectivity index (χ1v) is 5.82. The van der Waals surface area contributed by atoms with Gasteiger partial charge in [0.25, 0.3) is 0 Å². The lowest BCUT2D eigenvalue weighted by Gasteiger charge is -2.33. The zero-order valence-electron chi connectivity index (χ0n) is 10.8. The molecular formula is C13H19F2NO2. The highest BCUT2D eigenvalue weighted by atomic mass is 19.3. The highest BCUT2D eigenvalue weighted by Crippen LogP contribution is 2.31. The number of ether oxygens (including phenoxy) is 1. The molecule has 1 aromatic rings. The van der Waals surface area contributed by atoms with Crippen LogP contribution in [0.2, 0.25) is 0 Å². The summed E-state index contributed by atoms with van der Waals surface area (Å²) in [5, 5.41) is 12.7. The van der Waals surface area contributed by atoms with E-state index in [0.717, 1.165) is 0 Å². The number of benzene rings is 1. The fraction of sp³-hybridized carbons (Fsp3) is 0.538. The Bertz CT molecular complexity index is 385. The van der Waals surface area contributed by atoms with Crippen LogP contribution in [-0.4, -0.2) is 24.4 Å². The number of aliphatic hydroxyl groups is 1. The Balaban J connectivity index is 3.12. The Hall–Kier alpha value is -1.20. The summed E-state index contributed by atoms with van der Waals surface area (Å²) in [6.07, 6.45) is 0. The van der Waals surface area contributed by atoms with E-state index in [0.29, 0.717) is 5.56 Å². The molecule has 0 aliphatic carbocycles. The number of hydrogen-bond donors (Lipinski definition) is 2. The van der Waals surface area contributed by atoms with Gasteiger partial charge < -0.3 is 15.2 Å². The van der Waals surface area contributed by atoms with E-state index in [4.69, 9.17) is 0 Å². The first-order chi connectivity index (χ1) is 8.39. The summed E-state index contributed by atoms with van der Waals surface area (Å²) >= 11 is 0. The Labute approximate surface area is 106 Å². The minimum atomic E-state index is -2.88. The van der Waals surface area contributed by atoms with Gasteiger partial charge >= 0.3 is 6.61 Å². The molecule has 0 amide bonds. The lowest BCUT2D eigenvalue weighted by atomic mass is 9.91. The van der Waals surface area contributed by atoms with Gasteiger partial charge in [0, 0.05) is 11.6 Å². The highest BCUT2D eigenvalue weighted by Gasteiger charge is 2.30. The van der Waals surface area contributed by atoms with E-state index in [1.165, 1.54) is 6.07 Å². The molecule has 5 heteroatoms. The second-order valence-electron chi connectivity index (χ2n) is 4.66. The number of nitrogens with one attached hydrogen (secondary N) is 1. The summed E-state index contributed by atoms with van der Waals surface area (Å²) in [4.78, 5) is 0. The normalized spacial score (nSPS) is 14.9. The molecule has 0 aromatic heterocycles. The lowest BCUT2D eigenvalue weighted by Crippen LogP contribution is -2.46. The summed E-state index contributed by atoms with van der Waals surface area (Å²) in [6, 6.07) is 6.58. The molecule has 0 saturated carbocycles. The third-order valence-corrected chi connectivity index (χ3v) is 2.62. The third kappa shape index (κ3) is 3.65. The summed E-state index contributed by atoms with van der Waals surface area (Å²) in [5.41, 5.74) is -0.305. The van der Waals surface area contributed by atoms with Crippen molar-refractivity contribution in [3.63, 3.8) is 0 Å². The largest absolute Gasteiger partial charge is 0.434 e. The van der Waals surface area contributed by atoms with E-state index in [-0.39, 0.29) is 18.4 Å². The predicted molar refractivity (Wildman–Crippen MR) is 65.8 cm³/mol. The maximum Gasteiger partial charge on any atom is 0.387 e. The average Bonchev–Trinajstić information content (AvgIpc) is 2.27. The molecule has 1 unspecified atom stereocenters. The molecule has 0 heterocycles. The van der Waals surface area contributed by atoms with Crippen molar-refractivity contribution >= 4 is 0 Å². The van der Waals surface area contributed by atoms with E-state index >= 15 is 0 Å². The smallest absolute Gasteiger partial charge is 0.387 e. The van der Waals surface area contributed by atoms with Crippen molar-refractivity contribution < 1.29 is 18.6 Å². The van der Waals surface area contributed by atoms with Gasteiger partial charge in [0.15, 0.2) is 0 Å². The van der Waals surface area contributed by atoms with Crippen LogP contribution in [0.25, 0.3) is 0 Å². The first kappa shape index (κ1) is 14.9. The van der Waals surface area contributed by atoms with Gasteiger partial charge in [-0.15, -0.1) is 0 Å². The molecule has 0 fully saturated rings. The fourth-order valence-electron chi connectivity index (χ4n) is 1.97. The monoisotopic (exact) mass is 259 g/mol. The highest BCUT2D eigenvalue weighted by molar-refractivity contribution is 5.39. The summed E-state index contributed by atoms with van der Waals surface area (Å²) in [7, 11) is 0. The fourth-order valence-corrected chi connectivity index (χ4v) is 1.97. The van der Waals surface area contributed by atoms with E-state index in [1.54, 1.807) is 25.1 Å². The van der Waals surface area contributed by atoms with Gasteiger partial charge in [-0.25, -0.2) is 0 Å². The number of halogens is 2. The van der Waals surface area contributed by atoms with Gasteiger partial charge in [0.1, 0.15) is 5.75 Å². The Morgan fingerprint density at radius 2 is 1.94 bits per heavy atom. The van der Waals surface area contributed by atoms with Crippen molar-refractivity contribution in [2.75, 3.05) is 6.61 Å². The van der Waals surface area contributed by atoms with Crippen molar-refractivity contribution in [2.24, 2.45) is 0 Å². The molecule has 0 saturated heterocycles. The quantitative estimate of drug-likeness (QED) is 0.824. The van der Waals surface area contributed by atoms with Crippen LogP contribution in [0.4, 0.5) is 8.78 Å². The minimum Gasteiger partial charge on any atom is -0.434 e. The molecule has 18 heavy (non-hydrogen) atoms. The molecule has 0 aliphatic rings. The molecular weight excluding hydrogens is 240 g/mol. The Kier molecular flexibility index (Phi) is 5.04. The standard InChI is InChI=1S/C13H19F2NO2/c1-9(2)16-13(3,8-17)10-6-4-5-7-11(10)18-12(14)15/h4-7,9,12,16-17H,8H2,1-3H3. The van der Waals surface area contributed by atoms with E-state index < -0.39 is 12.2 Å². The maximum atomic E-state index is 12.4. The van der Waals surface area contributed by atoms with Crippen molar-refractivity contribution in [3.8, 4) is 5.75 Å². The van der Waals surface area contributed by atoms with Crippen LogP contribution in [0.3, 0.4) is 0 Å². The minimum absolute atomic E-state index is 0.0807. The van der Waals surface area contributed by atoms with Gasteiger partial charge in [-0.05, 0) is 26.8 Å². The van der Waals surface area contributed by atoms with Crippen LogP contribution in [0.1, 0.15) is 26.3 Å². The van der Waals surface area contributed by atoms with E-state index in [9.17, 15) is 13.9 Å². The summed E-state index contributed by atoms with van der Waals surface area (Å²) in [5.74, 6) is 0.0807. The average molecular weight is 259 g/mol. The van der Waals surface area contributed by atoms with Crippen LogP contribution in [0.15, 0.2) is 24.3 Å². The lowest BCUT2D eigenvalue weighted by molar-refractivity contribution is -0.0515. The van der Waals surface area contributed by atoms with E-state index in [2.05, 4.69) is 10.1 Å². The van der Waals surface area contributed by atoms with Gasteiger partial charge in [0.05, 0.1) is 12.1 Å². The maximum absolute atomic E-state index is 12.4. The summed E-state index contributed by atoms with van der Waals surface area (Å²) < 4.78 is 29.2. The Morgan fingerprint density at radius 3 is 2.44 bits per heavy atom. The molecule has 1 rings (SSSR count). The van der Waals surface area contributed by atoms with Crippen LogP contribution in [0, 0.1) is 0 Å². The molecule has 102 valence electrons. The SMILES string of the molecule is CC(C)NC(C)(CO)c1ccccc1OC(F)F. The van der Waals surface area contributed by atoms with Crippen LogP contribution in [-0.2, 0) is 5.54 Å². The third-order valence-electron chi connectivity index (χ3n) is 2.62. The predicted octanol–water partition coefficient (Wildman–Crippen LogP) is 2.49. The number of para-hydroxylation sites is 1. The molecule has 1 atom stereocenters. The van der Waals surface area contributed by atoms with Crippen molar-refractivity contribution in [2.45, 2.75) is 39.0 Å². The van der Waals surface area contributed by atoms with Crippen molar-refractivity contribution in [1.82, 2.24) is 5.32 Å². The van der Waals surface area contributed by atoms with Crippen molar-refractivity contribution in [3.05, 3.63) is 29.8 Å². The molecule has 2 N–H and O–H groups in total. The molecule has 3 nitrogen and oxygen atoms in total. The van der Waals surface area contributed by atoms with Gasteiger partial charge in [-0.2, -0.15) is 8.78 Å². The summed E-state index contributed by atoms with van der Waals surface area (Å²) in [6.45, 7) is 2.50. The number of hydrogen-bond acceptors (Lipinski definition) is 3.